The van der Waals surface area contributed by atoms with E-state index in [4.69, 9.17) is 5.73 Å². The number of β-lactam (4-membered cyclic amide) rings is 2. The number of rotatable bonds is 19. The summed E-state index contributed by atoms with van der Waals surface area (Å²) in [5.74, 6) is -18.2. The van der Waals surface area contributed by atoms with E-state index >= 15 is 0 Å². The number of aromatic nitrogens is 6. The van der Waals surface area contributed by atoms with Crippen molar-refractivity contribution in [1.82, 2.24) is 61.5 Å². The predicted octanol–water partition coefficient (Wildman–Crippen LogP) is 3.93. The number of carboxylic acid groups (broad SMARTS) is 2. The summed E-state index contributed by atoms with van der Waals surface area (Å²) in [5, 5.41) is 45.6. The maximum atomic E-state index is 13.3. The van der Waals surface area contributed by atoms with Gasteiger partial charge >= 0.3 is 17.9 Å². The number of esters is 1. The molecular formula is C54H64F5N13O11S2. The zero-order chi connectivity index (χ0) is 62.7. The number of carboxylic acids is 2. The first-order valence-electron chi connectivity index (χ1n) is 26.5. The molecule has 9 rings (SSSR count). The number of hydrogen-bond donors (Lipinski definition) is 8. The first-order valence-corrected chi connectivity index (χ1v) is 28.3. The van der Waals surface area contributed by atoms with E-state index in [-0.39, 0.29) is 36.5 Å². The average Bonchev–Trinajstić information content (AvgIpc) is 1.73. The van der Waals surface area contributed by atoms with Crippen LogP contribution < -0.4 is 26.4 Å². The van der Waals surface area contributed by atoms with Crippen molar-refractivity contribution in [3.05, 3.63) is 125 Å². The summed E-state index contributed by atoms with van der Waals surface area (Å²) in [6.07, 6.45) is 2.91. The minimum absolute atomic E-state index is 0.0186. The topological polar surface area (TPSA) is 341 Å². The van der Waals surface area contributed by atoms with Gasteiger partial charge in [0.25, 0.3) is 0 Å². The fourth-order valence-corrected chi connectivity index (χ4v) is 12.7. The molecule has 0 radical (unpaired) electrons. The number of amides is 5. The van der Waals surface area contributed by atoms with Crippen LogP contribution in [0, 0.1) is 29.1 Å². The lowest BCUT2D eigenvalue weighted by Gasteiger charge is -2.44. The van der Waals surface area contributed by atoms with Crippen molar-refractivity contribution in [1.29, 1.82) is 0 Å². The summed E-state index contributed by atoms with van der Waals surface area (Å²) in [6, 6.07) is 12.3. The first kappa shape index (κ1) is 66.1. The molecule has 4 fully saturated rings. The van der Waals surface area contributed by atoms with E-state index < -0.39 is 122 Å². The van der Waals surface area contributed by atoms with E-state index in [1.165, 1.54) is 65.4 Å². The number of ether oxygens (including phenoxy) is 1. The van der Waals surface area contributed by atoms with Crippen molar-refractivity contribution in [3.8, 4) is 5.75 Å². The molecule has 3 aromatic carbocycles. The number of carbonyl (C=O) groups excluding carboxylic acids is 6. The van der Waals surface area contributed by atoms with E-state index in [2.05, 4.69) is 77.2 Å². The smallest absolute Gasteiger partial charge is 0.327 e. The Balaban J connectivity index is 0.000000198. The van der Waals surface area contributed by atoms with Gasteiger partial charge in [0, 0.05) is 28.8 Å². The first-order chi connectivity index (χ1) is 40.2. The zero-order valence-electron chi connectivity index (χ0n) is 47.0. The third-order valence-corrected chi connectivity index (χ3v) is 17.1. The Labute approximate surface area is 492 Å². The van der Waals surface area contributed by atoms with Crippen molar-refractivity contribution in [2.45, 2.75) is 131 Å². The number of fused-ring (bicyclic) bond motifs is 2. The number of H-pyrrole nitrogens is 2. The average molecular weight is 1230 g/mol. The number of nitrogens with two attached hydrogens (primary N) is 1. The minimum atomic E-state index is -2.33. The SMILES string of the molecule is CC1(C)S[C@@H]2[C@H](NC(=O)[C@H](N)c3ccccc3)C(=O)N2[C@H]1C(=O)O.CC1(C)S[C@@H]2[C@H](NC(=O)[C@H](NC(=O)CCc3cn[nH]n3)c3ccccc3)C(=O)N2[C@H]1C(=O)O.CCN(CC)CC.O=C(CCc1cn[nH]n1)Oc1c(F)c(F)c(F)c(F)c1F. The molecule has 4 aliphatic heterocycles. The second kappa shape index (κ2) is 28.7. The van der Waals surface area contributed by atoms with Gasteiger partial charge in [0.15, 0.2) is 0 Å². The lowest BCUT2D eigenvalue weighted by Crippen LogP contribution is -2.71. The number of benzene rings is 3. The van der Waals surface area contributed by atoms with Crippen LogP contribution in [0.4, 0.5) is 22.0 Å². The molecule has 5 amide bonds. The highest BCUT2D eigenvalue weighted by Gasteiger charge is 2.65. The molecule has 31 heteroatoms. The molecule has 24 nitrogen and oxygen atoms in total. The molecule has 6 heterocycles. The Kier molecular flexibility index (Phi) is 22.3. The number of aryl methyl sites for hydroxylation is 2. The van der Waals surface area contributed by atoms with Crippen molar-refractivity contribution in [2.75, 3.05) is 19.6 Å². The number of carbonyl (C=O) groups is 8. The second-order valence-corrected chi connectivity index (χ2v) is 23.9. The van der Waals surface area contributed by atoms with Gasteiger partial charge in [0.05, 0.1) is 30.2 Å². The van der Waals surface area contributed by atoms with Gasteiger partial charge < -0.3 is 51.3 Å². The van der Waals surface area contributed by atoms with Crippen molar-refractivity contribution in [2.24, 2.45) is 5.73 Å². The van der Waals surface area contributed by atoms with Crippen molar-refractivity contribution in [3.63, 3.8) is 0 Å². The monoisotopic (exact) mass is 1230 g/mol. The number of hydrogen-bond acceptors (Lipinski definition) is 17. The Bertz CT molecular complexity index is 3150. The Morgan fingerprint density at radius 1 is 0.659 bits per heavy atom. The molecule has 85 heavy (non-hydrogen) atoms. The van der Waals surface area contributed by atoms with Crippen LogP contribution >= 0.6 is 23.5 Å². The quantitative estimate of drug-likeness (QED) is 0.0145. The summed E-state index contributed by atoms with van der Waals surface area (Å²) in [5.41, 5.74) is 8.15. The molecule has 2 aromatic heterocycles. The zero-order valence-corrected chi connectivity index (χ0v) is 48.6. The lowest BCUT2D eigenvalue weighted by atomic mass is 9.95. The molecular weight excluding hydrogens is 1170 g/mol. The van der Waals surface area contributed by atoms with Gasteiger partial charge in [-0.2, -0.15) is 39.6 Å². The normalized spacial score (nSPS) is 20.9. The number of aliphatic carboxylic acids is 2. The van der Waals surface area contributed by atoms with Gasteiger partial charge in [-0.05, 0) is 58.5 Å². The maximum absolute atomic E-state index is 13.3. The number of halogens is 5. The van der Waals surface area contributed by atoms with Crippen LogP contribution in [0.15, 0.2) is 73.1 Å². The molecule has 0 spiro atoms. The van der Waals surface area contributed by atoms with E-state index in [9.17, 15) is 70.5 Å². The van der Waals surface area contributed by atoms with E-state index in [1.807, 2.05) is 6.07 Å². The summed E-state index contributed by atoms with van der Waals surface area (Å²) in [7, 11) is 0. The number of aromatic amines is 2. The van der Waals surface area contributed by atoms with Gasteiger partial charge in [-0.15, -0.1) is 23.5 Å². The highest BCUT2D eigenvalue weighted by molar-refractivity contribution is 8.02. The number of nitrogens with zero attached hydrogens (tertiary/aromatic N) is 7. The van der Waals surface area contributed by atoms with E-state index in [0.29, 0.717) is 28.9 Å². The molecule has 0 saturated carbocycles. The standard InChI is InChI=1S/C21H24N6O5S.C16H19N3O4S.C11H6F5N3O2.C6H15N/c1-21(2)16(20(31)32)27-18(30)15(19(27)33-21)24-17(29)14(11-6-4-3-5-7-11)23-13(28)9-8-12-10-22-26-25-12;1-16(2)11(15(22)23)19-13(21)10(14(19)24-16)18-12(20)9(17)8-6-4-3-5-7-8;12-6-7(13)9(15)11(10(16)8(6)14)21-5(20)2-1-4-3-17-19-18-4;1-4-7(5-2)6-3/h3-7,10,14-16,19H,8-9H2,1-2H3,(H,23,28)(H,24,29)(H,31,32)(H,22,25,26);3-7,9-11,14H,17H2,1-2H3,(H,18,20)(H,22,23);3H,1-2H2,(H,17,18,19);4-6H2,1-3H3/t14-,15-,16+,19-;9-,10-,11+,14-;;/m11../s1. The highest BCUT2D eigenvalue weighted by Crippen LogP contribution is 2.52. The number of thioether (sulfide) groups is 2. The Morgan fingerprint density at radius 2 is 1.07 bits per heavy atom. The summed E-state index contributed by atoms with van der Waals surface area (Å²) in [4.78, 5) is 103. The summed E-state index contributed by atoms with van der Waals surface area (Å²) in [6.45, 7) is 17.2. The Hall–Kier alpha value is -8.03. The molecule has 9 N–H and O–H groups in total. The van der Waals surface area contributed by atoms with Gasteiger partial charge in [-0.3, -0.25) is 28.8 Å². The molecule has 5 aromatic rings. The van der Waals surface area contributed by atoms with Gasteiger partial charge in [0.2, 0.25) is 64.4 Å². The molecule has 458 valence electrons. The van der Waals surface area contributed by atoms with Crippen molar-refractivity contribution < 1.29 is 75.3 Å². The van der Waals surface area contributed by atoms with Crippen LogP contribution in [0.5, 0.6) is 5.75 Å². The summed E-state index contributed by atoms with van der Waals surface area (Å²) >= 11 is 2.73. The molecule has 0 unspecified atom stereocenters. The third kappa shape index (κ3) is 15.5. The highest BCUT2D eigenvalue weighted by atomic mass is 32.2. The van der Waals surface area contributed by atoms with E-state index in [0.717, 1.165) is 0 Å². The van der Waals surface area contributed by atoms with Crippen LogP contribution in [0.2, 0.25) is 0 Å². The van der Waals surface area contributed by atoms with Gasteiger partial charge in [-0.25, -0.2) is 22.8 Å². The van der Waals surface area contributed by atoms with Crippen LogP contribution in [0.3, 0.4) is 0 Å². The molecule has 4 saturated heterocycles. The fourth-order valence-electron chi connectivity index (χ4n) is 9.43. The van der Waals surface area contributed by atoms with Crippen LogP contribution in [-0.2, 0) is 51.2 Å². The minimum Gasteiger partial charge on any atom is -0.480 e. The molecule has 4 aliphatic rings. The number of nitrogens with one attached hydrogen (secondary N) is 5. The lowest BCUT2D eigenvalue weighted by molar-refractivity contribution is -0.161. The predicted molar refractivity (Wildman–Crippen MR) is 297 cm³/mol. The van der Waals surface area contributed by atoms with Crippen LogP contribution in [0.1, 0.15) is 95.9 Å². The van der Waals surface area contributed by atoms with Gasteiger partial charge in [-0.1, -0.05) is 81.4 Å². The Morgan fingerprint density at radius 3 is 1.47 bits per heavy atom. The van der Waals surface area contributed by atoms with E-state index in [1.54, 1.807) is 82.3 Å². The molecule has 8 atom stereocenters. The van der Waals surface area contributed by atoms with Crippen molar-refractivity contribution >= 4 is 71.0 Å². The largest absolute Gasteiger partial charge is 0.480 e. The van der Waals surface area contributed by atoms with Crippen LogP contribution in [-0.4, -0.2) is 167 Å². The third-order valence-electron chi connectivity index (χ3n) is 13.9. The summed E-state index contributed by atoms with van der Waals surface area (Å²) < 4.78 is 67.9. The molecule has 0 aliphatic carbocycles. The molecule has 0 bridgehead atoms. The van der Waals surface area contributed by atoms with Crippen LogP contribution in [0.25, 0.3) is 0 Å². The maximum Gasteiger partial charge on any atom is 0.327 e. The fraction of sp³-hybridized carbons (Fsp3) is 0.444. The second-order valence-electron chi connectivity index (χ2n) is 20.4. The van der Waals surface area contributed by atoms with Gasteiger partial charge in [0.1, 0.15) is 47.0 Å².